The highest BCUT2D eigenvalue weighted by atomic mass is 35.5. The van der Waals surface area contributed by atoms with Crippen molar-refractivity contribution in [3.05, 3.63) is 64.2 Å². The summed E-state index contributed by atoms with van der Waals surface area (Å²) in [7, 11) is 0. The van der Waals surface area contributed by atoms with Gasteiger partial charge >= 0.3 is 0 Å². The minimum Gasteiger partial charge on any atom is -0.484 e. The van der Waals surface area contributed by atoms with Gasteiger partial charge in [0, 0.05) is 11.6 Å². The number of hydrogen-bond acceptors (Lipinski definition) is 2. The summed E-state index contributed by atoms with van der Waals surface area (Å²) in [6, 6.07) is 13.4. The molecule has 0 radical (unpaired) electrons. The minimum atomic E-state index is -0.125. The van der Waals surface area contributed by atoms with Crippen LogP contribution in [0.25, 0.3) is 0 Å². The van der Waals surface area contributed by atoms with Gasteiger partial charge in [0.25, 0.3) is 5.91 Å². The molecule has 0 aliphatic carbocycles. The third-order valence-electron chi connectivity index (χ3n) is 3.47. The molecular formula is C18H20ClNO2. The summed E-state index contributed by atoms with van der Waals surface area (Å²) in [5, 5.41) is 3.55. The number of nitrogens with one attached hydrogen (secondary N) is 1. The van der Waals surface area contributed by atoms with Crippen LogP contribution in [0.2, 0.25) is 5.02 Å². The van der Waals surface area contributed by atoms with Crippen molar-refractivity contribution in [1.82, 2.24) is 5.32 Å². The number of benzene rings is 2. The highest BCUT2D eigenvalue weighted by molar-refractivity contribution is 6.30. The normalized spacial score (nSPS) is 10.3. The quantitative estimate of drug-likeness (QED) is 0.882. The molecule has 1 amide bonds. The Morgan fingerprint density at radius 1 is 1.14 bits per heavy atom. The molecule has 22 heavy (non-hydrogen) atoms. The molecule has 0 unspecified atom stereocenters. The number of hydrogen-bond donors (Lipinski definition) is 1. The average Bonchev–Trinajstić information content (AvgIpc) is 2.48. The lowest BCUT2D eigenvalue weighted by atomic mass is 10.1. The molecule has 0 aliphatic heterocycles. The van der Waals surface area contributed by atoms with Crippen molar-refractivity contribution in [2.45, 2.75) is 20.3 Å². The van der Waals surface area contributed by atoms with Crippen LogP contribution in [0.3, 0.4) is 0 Å². The Kier molecular flexibility index (Phi) is 5.84. The van der Waals surface area contributed by atoms with Crippen LogP contribution in [0.15, 0.2) is 42.5 Å². The molecule has 4 heteroatoms. The molecule has 3 nitrogen and oxygen atoms in total. The number of amides is 1. The monoisotopic (exact) mass is 317 g/mol. The Bertz CT molecular complexity index is 655. The van der Waals surface area contributed by atoms with Crippen molar-refractivity contribution in [3.63, 3.8) is 0 Å². The average molecular weight is 318 g/mol. The van der Waals surface area contributed by atoms with Crippen LogP contribution in [0.1, 0.15) is 16.7 Å². The SMILES string of the molecule is Cc1ccc(OCC(=O)NCCc2cccc(Cl)c2)cc1C. The molecule has 0 aliphatic rings. The van der Waals surface area contributed by atoms with E-state index in [1.807, 2.05) is 56.3 Å². The van der Waals surface area contributed by atoms with Gasteiger partial charge in [-0.25, -0.2) is 0 Å². The van der Waals surface area contributed by atoms with Crippen LogP contribution in [0, 0.1) is 13.8 Å². The molecule has 0 heterocycles. The predicted molar refractivity (Wildman–Crippen MR) is 89.6 cm³/mol. The van der Waals surface area contributed by atoms with E-state index in [2.05, 4.69) is 5.32 Å². The lowest BCUT2D eigenvalue weighted by Crippen LogP contribution is -2.30. The predicted octanol–water partition coefficient (Wildman–Crippen LogP) is 3.69. The highest BCUT2D eigenvalue weighted by Gasteiger charge is 2.04. The van der Waals surface area contributed by atoms with E-state index in [4.69, 9.17) is 16.3 Å². The summed E-state index contributed by atoms with van der Waals surface area (Å²) >= 11 is 5.92. The number of rotatable bonds is 6. The zero-order chi connectivity index (χ0) is 15.9. The number of ether oxygens (including phenoxy) is 1. The van der Waals surface area contributed by atoms with Crippen molar-refractivity contribution < 1.29 is 9.53 Å². The summed E-state index contributed by atoms with van der Waals surface area (Å²) in [5.74, 6) is 0.591. The van der Waals surface area contributed by atoms with Gasteiger partial charge in [0.05, 0.1) is 0 Å². The second-order valence-electron chi connectivity index (χ2n) is 5.26. The van der Waals surface area contributed by atoms with E-state index in [-0.39, 0.29) is 12.5 Å². The van der Waals surface area contributed by atoms with Crippen LogP contribution in [0.5, 0.6) is 5.75 Å². The molecule has 0 saturated heterocycles. The van der Waals surface area contributed by atoms with Crippen LogP contribution in [-0.2, 0) is 11.2 Å². The Hall–Kier alpha value is -2.00. The molecule has 0 bridgehead atoms. The van der Waals surface area contributed by atoms with E-state index in [0.717, 1.165) is 17.5 Å². The Morgan fingerprint density at radius 3 is 2.68 bits per heavy atom. The summed E-state index contributed by atoms with van der Waals surface area (Å²) in [6.45, 7) is 4.66. The summed E-state index contributed by atoms with van der Waals surface area (Å²) in [6.07, 6.45) is 0.746. The maximum Gasteiger partial charge on any atom is 0.257 e. The third kappa shape index (κ3) is 5.08. The number of aryl methyl sites for hydroxylation is 2. The lowest BCUT2D eigenvalue weighted by molar-refractivity contribution is -0.123. The third-order valence-corrected chi connectivity index (χ3v) is 3.71. The molecule has 0 spiro atoms. The zero-order valence-electron chi connectivity index (χ0n) is 12.9. The van der Waals surface area contributed by atoms with Gasteiger partial charge in [0.1, 0.15) is 5.75 Å². The van der Waals surface area contributed by atoms with Gasteiger partial charge in [0.15, 0.2) is 6.61 Å². The fourth-order valence-corrected chi connectivity index (χ4v) is 2.26. The fraction of sp³-hybridized carbons (Fsp3) is 0.278. The van der Waals surface area contributed by atoms with Crippen molar-refractivity contribution in [1.29, 1.82) is 0 Å². The molecule has 2 rings (SSSR count). The largest absolute Gasteiger partial charge is 0.484 e. The topological polar surface area (TPSA) is 38.3 Å². The van der Waals surface area contributed by atoms with Crippen molar-refractivity contribution in [3.8, 4) is 5.75 Å². The second-order valence-corrected chi connectivity index (χ2v) is 5.70. The first kappa shape index (κ1) is 16.4. The van der Waals surface area contributed by atoms with Gasteiger partial charge in [-0.3, -0.25) is 4.79 Å². The van der Waals surface area contributed by atoms with Crippen molar-refractivity contribution in [2.24, 2.45) is 0 Å². The van der Waals surface area contributed by atoms with Gasteiger partial charge in [-0.15, -0.1) is 0 Å². The van der Waals surface area contributed by atoms with Gasteiger partial charge in [-0.05, 0) is 61.2 Å². The van der Waals surface area contributed by atoms with Crippen LogP contribution in [0.4, 0.5) is 0 Å². The molecule has 2 aromatic rings. The van der Waals surface area contributed by atoms with Gasteiger partial charge in [0.2, 0.25) is 0 Å². The molecule has 2 aromatic carbocycles. The number of carbonyl (C=O) groups excluding carboxylic acids is 1. The maximum absolute atomic E-state index is 11.8. The van der Waals surface area contributed by atoms with E-state index in [1.165, 1.54) is 5.56 Å². The maximum atomic E-state index is 11.8. The van der Waals surface area contributed by atoms with E-state index in [0.29, 0.717) is 17.3 Å². The fourth-order valence-electron chi connectivity index (χ4n) is 2.04. The highest BCUT2D eigenvalue weighted by Crippen LogP contribution is 2.16. The lowest BCUT2D eigenvalue weighted by Gasteiger charge is -2.09. The van der Waals surface area contributed by atoms with Crippen LogP contribution in [-0.4, -0.2) is 19.1 Å². The van der Waals surface area contributed by atoms with Crippen LogP contribution < -0.4 is 10.1 Å². The molecule has 0 saturated carbocycles. The van der Waals surface area contributed by atoms with Crippen molar-refractivity contribution in [2.75, 3.05) is 13.2 Å². The molecule has 0 aromatic heterocycles. The second kappa shape index (κ2) is 7.85. The summed E-state index contributed by atoms with van der Waals surface area (Å²) in [4.78, 5) is 11.8. The smallest absolute Gasteiger partial charge is 0.257 e. The van der Waals surface area contributed by atoms with Gasteiger partial charge in [-0.1, -0.05) is 29.8 Å². The first-order chi connectivity index (χ1) is 10.5. The first-order valence-electron chi connectivity index (χ1n) is 7.26. The first-order valence-corrected chi connectivity index (χ1v) is 7.63. The Balaban J connectivity index is 1.72. The van der Waals surface area contributed by atoms with E-state index in [1.54, 1.807) is 0 Å². The molecular weight excluding hydrogens is 298 g/mol. The summed E-state index contributed by atoms with van der Waals surface area (Å²) < 4.78 is 5.49. The van der Waals surface area contributed by atoms with E-state index in [9.17, 15) is 4.79 Å². The Morgan fingerprint density at radius 2 is 1.95 bits per heavy atom. The van der Waals surface area contributed by atoms with Crippen molar-refractivity contribution >= 4 is 17.5 Å². The van der Waals surface area contributed by atoms with E-state index < -0.39 is 0 Å². The molecule has 0 atom stereocenters. The minimum absolute atomic E-state index is 0.0258. The molecule has 0 fully saturated rings. The summed E-state index contributed by atoms with van der Waals surface area (Å²) in [5.41, 5.74) is 3.46. The van der Waals surface area contributed by atoms with Gasteiger partial charge in [-0.2, -0.15) is 0 Å². The van der Waals surface area contributed by atoms with Crippen LogP contribution >= 0.6 is 11.6 Å². The zero-order valence-corrected chi connectivity index (χ0v) is 13.6. The van der Waals surface area contributed by atoms with Gasteiger partial charge < -0.3 is 10.1 Å². The molecule has 116 valence electrons. The Labute approximate surface area is 136 Å². The van der Waals surface area contributed by atoms with E-state index >= 15 is 0 Å². The molecule has 1 N–H and O–H groups in total. The standard InChI is InChI=1S/C18H20ClNO2/c1-13-6-7-17(10-14(13)2)22-12-18(21)20-9-8-15-4-3-5-16(19)11-15/h3-7,10-11H,8-9,12H2,1-2H3,(H,20,21). The number of carbonyl (C=O) groups is 1. The number of halogens is 1.